The van der Waals surface area contributed by atoms with Crippen molar-refractivity contribution in [3.8, 4) is 0 Å². The smallest absolute Gasteiger partial charge is 0.303 e. The van der Waals surface area contributed by atoms with Crippen LogP contribution in [0.1, 0.15) is 36.4 Å². The van der Waals surface area contributed by atoms with Crippen LogP contribution >= 0.6 is 0 Å². The summed E-state index contributed by atoms with van der Waals surface area (Å²) in [5, 5.41) is 14.0. The molecule has 1 heterocycles. The van der Waals surface area contributed by atoms with Gasteiger partial charge in [-0.05, 0) is 43.2 Å². The molecule has 4 nitrogen and oxygen atoms in total. The number of fused-ring (bicyclic) bond motifs is 1. The van der Waals surface area contributed by atoms with E-state index in [0.29, 0.717) is 5.92 Å². The maximum Gasteiger partial charge on any atom is 0.303 e. The zero-order chi connectivity index (χ0) is 12.7. The molecule has 0 bridgehead atoms. The van der Waals surface area contributed by atoms with Crippen LogP contribution in [0.3, 0.4) is 0 Å². The van der Waals surface area contributed by atoms with Crippen LogP contribution in [0, 0.1) is 12.8 Å². The number of rotatable bonds is 4. The van der Waals surface area contributed by atoms with Crippen molar-refractivity contribution in [1.82, 2.24) is 5.16 Å². The molecule has 1 unspecified atom stereocenters. The molecule has 1 aliphatic carbocycles. The lowest BCUT2D eigenvalue weighted by atomic mass is 9.88. The van der Waals surface area contributed by atoms with Crippen molar-refractivity contribution in [2.45, 2.75) is 32.1 Å². The molecule has 1 aromatic heterocycles. The molecule has 0 aliphatic heterocycles. The van der Waals surface area contributed by atoms with Crippen molar-refractivity contribution in [3.05, 3.63) is 29.5 Å². The van der Waals surface area contributed by atoms with Gasteiger partial charge in [-0.25, -0.2) is 0 Å². The largest absolute Gasteiger partial charge is 0.481 e. The Balaban J connectivity index is 2.10. The standard InChI is InChI=1S/C14H15NO3/c1-8-14-10(3-2-4-12(14)18-15-8)11(7-13(16)17)9-5-6-9/h2-4,9,11H,5-7H2,1H3,(H,16,17). The zero-order valence-electron chi connectivity index (χ0n) is 10.2. The Bertz CT molecular complexity index is 598. The van der Waals surface area contributed by atoms with Gasteiger partial charge < -0.3 is 9.63 Å². The highest BCUT2D eigenvalue weighted by molar-refractivity contribution is 5.84. The topological polar surface area (TPSA) is 63.3 Å². The van der Waals surface area contributed by atoms with Crippen LogP contribution in [0.5, 0.6) is 0 Å². The van der Waals surface area contributed by atoms with Crippen LogP contribution in [0.15, 0.2) is 22.7 Å². The summed E-state index contributed by atoms with van der Waals surface area (Å²) >= 11 is 0. The Morgan fingerprint density at radius 1 is 1.56 bits per heavy atom. The monoisotopic (exact) mass is 245 g/mol. The molecular formula is C14H15NO3. The van der Waals surface area contributed by atoms with Crippen LogP contribution in [0.2, 0.25) is 0 Å². The number of benzene rings is 1. The minimum absolute atomic E-state index is 0.0873. The van der Waals surface area contributed by atoms with Gasteiger partial charge in [-0.1, -0.05) is 17.3 Å². The van der Waals surface area contributed by atoms with E-state index in [1.54, 1.807) is 0 Å². The second-order valence-electron chi connectivity index (χ2n) is 5.03. The predicted molar refractivity (Wildman–Crippen MR) is 66.5 cm³/mol. The molecule has 2 aromatic rings. The Hall–Kier alpha value is -1.84. The Morgan fingerprint density at radius 2 is 2.33 bits per heavy atom. The average molecular weight is 245 g/mol. The molecule has 94 valence electrons. The van der Waals surface area contributed by atoms with Gasteiger partial charge in [-0.2, -0.15) is 0 Å². The lowest BCUT2D eigenvalue weighted by molar-refractivity contribution is -0.137. The van der Waals surface area contributed by atoms with Gasteiger partial charge in [0.05, 0.1) is 12.1 Å². The third-order valence-electron chi connectivity index (χ3n) is 3.69. The van der Waals surface area contributed by atoms with Crippen molar-refractivity contribution in [2.24, 2.45) is 5.92 Å². The SMILES string of the molecule is Cc1noc2cccc(C(CC(=O)O)C3CC3)c12. The summed E-state index contributed by atoms with van der Waals surface area (Å²) in [6, 6.07) is 5.81. The molecule has 1 atom stereocenters. The summed E-state index contributed by atoms with van der Waals surface area (Å²) < 4.78 is 5.25. The van der Waals surface area contributed by atoms with E-state index >= 15 is 0 Å². The second-order valence-corrected chi connectivity index (χ2v) is 5.03. The molecule has 1 fully saturated rings. The molecule has 0 radical (unpaired) electrons. The van der Waals surface area contributed by atoms with Crippen molar-refractivity contribution >= 4 is 16.9 Å². The minimum Gasteiger partial charge on any atom is -0.481 e. The van der Waals surface area contributed by atoms with Gasteiger partial charge in [-0.3, -0.25) is 4.79 Å². The highest BCUT2D eigenvalue weighted by atomic mass is 16.5. The molecule has 0 saturated heterocycles. The normalized spacial score (nSPS) is 16.9. The van der Waals surface area contributed by atoms with E-state index in [0.717, 1.165) is 35.1 Å². The number of aliphatic carboxylic acids is 1. The quantitative estimate of drug-likeness (QED) is 0.898. The molecule has 0 spiro atoms. The van der Waals surface area contributed by atoms with Gasteiger partial charge in [0.15, 0.2) is 5.58 Å². The van der Waals surface area contributed by atoms with Crippen molar-refractivity contribution in [3.63, 3.8) is 0 Å². The molecule has 4 heteroatoms. The molecule has 1 aliphatic rings. The van der Waals surface area contributed by atoms with Gasteiger partial charge >= 0.3 is 5.97 Å². The number of aromatic nitrogens is 1. The van der Waals surface area contributed by atoms with E-state index in [-0.39, 0.29) is 12.3 Å². The molecular weight excluding hydrogens is 230 g/mol. The Morgan fingerprint density at radius 3 is 3.00 bits per heavy atom. The number of nitrogens with zero attached hydrogens (tertiary/aromatic N) is 1. The summed E-state index contributed by atoms with van der Waals surface area (Å²) in [7, 11) is 0. The number of carbonyl (C=O) groups is 1. The summed E-state index contributed by atoms with van der Waals surface area (Å²) in [5.74, 6) is -0.150. The molecule has 1 aromatic carbocycles. The van der Waals surface area contributed by atoms with Gasteiger partial charge in [0.1, 0.15) is 0 Å². The first-order valence-corrected chi connectivity index (χ1v) is 6.23. The van der Waals surface area contributed by atoms with E-state index in [1.165, 1.54) is 0 Å². The third-order valence-corrected chi connectivity index (χ3v) is 3.69. The van der Waals surface area contributed by atoms with E-state index in [1.807, 2.05) is 25.1 Å². The summed E-state index contributed by atoms with van der Waals surface area (Å²) in [6.45, 7) is 1.90. The predicted octanol–water partition coefficient (Wildman–Crippen LogP) is 3.10. The molecule has 3 rings (SSSR count). The van der Waals surface area contributed by atoms with Gasteiger partial charge in [-0.15, -0.1) is 0 Å². The van der Waals surface area contributed by atoms with E-state index in [4.69, 9.17) is 9.63 Å². The number of hydrogen-bond acceptors (Lipinski definition) is 3. The Kier molecular flexibility index (Phi) is 2.58. The van der Waals surface area contributed by atoms with Crippen LogP contribution in [0.25, 0.3) is 11.0 Å². The summed E-state index contributed by atoms with van der Waals surface area (Å²) in [6.07, 6.45) is 2.44. The van der Waals surface area contributed by atoms with Crippen LogP contribution in [-0.2, 0) is 4.79 Å². The van der Waals surface area contributed by atoms with Gasteiger partial charge in [0.25, 0.3) is 0 Å². The summed E-state index contributed by atoms with van der Waals surface area (Å²) in [4.78, 5) is 11.0. The molecule has 1 saturated carbocycles. The second kappa shape index (κ2) is 4.12. The first-order valence-electron chi connectivity index (χ1n) is 6.23. The maximum absolute atomic E-state index is 11.0. The third kappa shape index (κ3) is 1.88. The first kappa shape index (κ1) is 11.3. The molecule has 18 heavy (non-hydrogen) atoms. The van der Waals surface area contributed by atoms with Crippen molar-refractivity contribution in [2.75, 3.05) is 0 Å². The highest BCUT2D eigenvalue weighted by Gasteiger charge is 2.35. The minimum atomic E-state index is -0.738. The fraction of sp³-hybridized carbons (Fsp3) is 0.429. The van der Waals surface area contributed by atoms with Crippen molar-refractivity contribution in [1.29, 1.82) is 0 Å². The van der Waals surface area contributed by atoms with E-state index in [2.05, 4.69) is 5.16 Å². The molecule has 1 N–H and O–H groups in total. The zero-order valence-corrected chi connectivity index (χ0v) is 10.2. The van der Waals surface area contributed by atoms with Crippen molar-refractivity contribution < 1.29 is 14.4 Å². The first-order chi connectivity index (χ1) is 8.66. The number of carboxylic acid groups (broad SMARTS) is 1. The fourth-order valence-electron chi connectivity index (χ4n) is 2.70. The highest BCUT2D eigenvalue weighted by Crippen LogP contribution is 2.46. The Labute approximate surface area is 105 Å². The summed E-state index contributed by atoms with van der Waals surface area (Å²) in [5.41, 5.74) is 2.67. The number of carboxylic acids is 1. The lowest BCUT2D eigenvalue weighted by Gasteiger charge is -2.15. The van der Waals surface area contributed by atoms with E-state index in [9.17, 15) is 4.79 Å². The van der Waals surface area contributed by atoms with Crippen LogP contribution < -0.4 is 0 Å². The van der Waals surface area contributed by atoms with Gasteiger partial charge in [0, 0.05) is 5.39 Å². The number of aryl methyl sites for hydroxylation is 1. The fourth-order valence-corrected chi connectivity index (χ4v) is 2.70. The van der Waals surface area contributed by atoms with Gasteiger partial charge in [0.2, 0.25) is 0 Å². The van der Waals surface area contributed by atoms with Crippen LogP contribution in [-0.4, -0.2) is 16.2 Å². The lowest BCUT2D eigenvalue weighted by Crippen LogP contribution is -2.08. The average Bonchev–Trinajstić information content (AvgIpc) is 3.11. The maximum atomic E-state index is 11.0. The number of hydrogen-bond donors (Lipinski definition) is 1. The van der Waals surface area contributed by atoms with E-state index < -0.39 is 5.97 Å². The van der Waals surface area contributed by atoms with Crippen LogP contribution in [0.4, 0.5) is 0 Å². The molecule has 0 amide bonds.